The van der Waals surface area contributed by atoms with Gasteiger partial charge in [0.2, 0.25) is 0 Å². The number of aliphatic hydroxyl groups is 1. The van der Waals surface area contributed by atoms with E-state index in [2.05, 4.69) is 21.2 Å². The van der Waals surface area contributed by atoms with Gasteiger partial charge in [0, 0.05) is 10.0 Å². The van der Waals surface area contributed by atoms with E-state index in [9.17, 15) is 9.90 Å². The van der Waals surface area contributed by atoms with Crippen molar-refractivity contribution < 1.29 is 9.90 Å². The van der Waals surface area contributed by atoms with Crippen LogP contribution in [-0.4, -0.2) is 23.2 Å². The molecule has 1 aromatic carbocycles. The predicted molar refractivity (Wildman–Crippen MR) is 74.5 cm³/mol. The van der Waals surface area contributed by atoms with Gasteiger partial charge in [-0.1, -0.05) is 35.2 Å². The summed E-state index contributed by atoms with van der Waals surface area (Å²) in [4.78, 5) is 12.2. The van der Waals surface area contributed by atoms with Gasteiger partial charge in [-0.05, 0) is 37.1 Å². The van der Waals surface area contributed by atoms with Crippen molar-refractivity contribution in [2.24, 2.45) is 0 Å². The Labute approximate surface area is 116 Å². The molecule has 1 amide bonds. The molecule has 1 aromatic rings. The van der Waals surface area contributed by atoms with Crippen LogP contribution in [0, 0.1) is 0 Å². The molecule has 0 aromatic heterocycles. The molecule has 1 saturated carbocycles. The Morgan fingerprint density at radius 1 is 1.22 bits per heavy atom. The molecule has 0 bridgehead atoms. The Bertz CT molecular complexity index is 410. The number of aliphatic hydroxyl groups excluding tert-OH is 1. The van der Waals surface area contributed by atoms with Crippen LogP contribution < -0.4 is 5.32 Å². The first-order valence-electron chi connectivity index (χ1n) is 6.34. The van der Waals surface area contributed by atoms with Crippen molar-refractivity contribution in [1.82, 2.24) is 5.32 Å². The van der Waals surface area contributed by atoms with E-state index >= 15 is 0 Å². The third kappa shape index (κ3) is 3.12. The molecule has 0 saturated heterocycles. The minimum absolute atomic E-state index is 0.0231. The standard InChI is InChI=1S/C14H18BrNO2/c15-12-6-4-11(5-7-12)13(18)16-14(10-17)8-2-1-3-9-14/h4-7,17H,1-3,8-10H2,(H,16,18). The molecular formula is C14H18BrNO2. The highest BCUT2D eigenvalue weighted by atomic mass is 79.9. The molecule has 0 atom stereocenters. The van der Waals surface area contributed by atoms with Crippen LogP contribution in [0.4, 0.5) is 0 Å². The van der Waals surface area contributed by atoms with Gasteiger partial charge in [-0.3, -0.25) is 4.79 Å². The maximum Gasteiger partial charge on any atom is 0.251 e. The highest BCUT2D eigenvalue weighted by Crippen LogP contribution is 2.28. The third-order valence-corrected chi connectivity index (χ3v) is 4.13. The Morgan fingerprint density at radius 3 is 2.39 bits per heavy atom. The number of carbonyl (C=O) groups excluding carboxylic acids is 1. The fourth-order valence-corrected chi connectivity index (χ4v) is 2.73. The summed E-state index contributed by atoms with van der Waals surface area (Å²) >= 11 is 3.35. The van der Waals surface area contributed by atoms with Crippen molar-refractivity contribution in [2.75, 3.05) is 6.61 Å². The smallest absolute Gasteiger partial charge is 0.251 e. The van der Waals surface area contributed by atoms with Crippen LogP contribution in [0.25, 0.3) is 0 Å². The highest BCUT2D eigenvalue weighted by molar-refractivity contribution is 9.10. The lowest BCUT2D eigenvalue weighted by atomic mass is 9.82. The van der Waals surface area contributed by atoms with Crippen LogP contribution in [0.3, 0.4) is 0 Å². The van der Waals surface area contributed by atoms with Crippen molar-refractivity contribution >= 4 is 21.8 Å². The topological polar surface area (TPSA) is 49.3 Å². The van der Waals surface area contributed by atoms with E-state index < -0.39 is 5.54 Å². The summed E-state index contributed by atoms with van der Waals surface area (Å²) < 4.78 is 0.952. The summed E-state index contributed by atoms with van der Waals surface area (Å²) in [6.45, 7) is 0.0231. The molecule has 3 nitrogen and oxygen atoms in total. The second kappa shape index (κ2) is 5.85. The van der Waals surface area contributed by atoms with E-state index in [1.54, 1.807) is 12.1 Å². The number of halogens is 1. The van der Waals surface area contributed by atoms with Crippen LogP contribution in [0.15, 0.2) is 28.7 Å². The Kier molecular flexibility index (Phi) is 4.40. The zero-order valence-corrected chi connectivity index (χ0v) is 11.9. The van der Waals surface area contributed by atoms with Crippen molar-refractivity contribution in [1.29, 1.82) is 0 Å². The second-order valence-electron chi connectivity index (χ2n) is 4.96. The maximum atomic E-state index is 12.2. The lowest BCUT2D eigenvalue weighted by molar-refractivity contribution is 0.0758. The van der Waals surface area contributed by atoms with Crippen LogP contribution in [0.5, 0.6) is 0 Å². The van der Waals surface area contributed by atoms with E-state index in [1.807, 2.05) is 12.1 Å². The van der Waals surface area contributed by atoms with Crippen molar-refractivity contribution in [3.8, 4) is 0 Å². The predicted octanol–water partition coefficient (Wildman–Crippen LogP) is 2.87. The largest absolute Gasteiger partial charge is 0.394 e. The minimum atomic E-state index is -0.414. The molecule has 98 valence electrons. The summed E-state index contributed by atoms with van der Waals surface area (Å²) in [6, 6.07) is 7.27. The third-order valence-electron chi connectivity index (χ3n) is 3.60. The summed E-state index contributed by atoms with van der Waals surface area (Å²) in [7, 11) is 0. The van der Waals surface area contributed by atoms with Gasteiger partial charge in [0.25, 0.3) is 5.91 Å². The molecular weight excluding hydrogens is 294 g/mol. The Morgan fingerprint density at radius 2 is 1.83 bits per heavy atom. The monoisotopic (exact) mass is 311 g/mol. The van der Waals surface area contributed by atoms with Crippen LogP contribution >= 0.6 is 15.9 Å². The van der Waals surface area contributed by atoms with Gasteiger partial charge in [0.05, 0.1) is 12.1 Å². The molecule has 1 aliphatic carbocycles. The normalized spacial score (nSPS) is 18.3. The Balaban J connectivity index is 2.07. The zero-order valence-electron chi connectivity index (χ0n) is 10.3. The molecule has 1 fully saturated rings. The zero-order chi connectivity index (χ0) is 13.0. The van der Waals surface area contributed by atoms with Crippen molar-refractivity contribution in [2.45, 2.75) is 37.6 Å². The molecule has 0 heterocycles. The first kappa shape index (κ1) is 13.6. The molecule has 2 N–H and O–H groups in total. The molecule has 18 heavy (non-hydrogen) atoms. The first-order chi connectivity index (χ1) is 8.65. The summed E-state index contributed by atoms with van der Waals surface area (Å²) in [5.41, 5.74) is 0.221. The van der Waals surface area contributed by atoms with Gasteiger partial charge in [-0.2, -0.15) is 0 Å². The van der Waals surface area contributed by atoms with Crippen molar-refractivity contribution in [3.63, 3.8) is 0 Å². The van der Waals surface area contributed by atoms with Gasteiger partial charge in [0.15, 0.2) is 0 Å². The highest BCUT2D eigenvalue weighted by Gasteiger charge is 2.32. The number of benzene rings is 1. The van der Waals surface area contributed by atoms with Crippen molar-refractivity contribution in [3.05, 3.63) is 34.3 Å². The SMILES string of the molecule is O=C(NC1(CO)CCCCC1)c1ccc(Br)cc1. The van der Waals surface area contributed by atoms with Crippen LogP contribution in [-0.2, 0) is 0 Å². The summed E-state index contributed by atoms with van der Waals surface area (Å²) in [6.07, 6.45) is 5.07. The molecule has 1 aliphatic rings. The lowest BCUT2D eigenvalue weighted by Crippen LogP contribution is -2.52. The first-order valence-corrected chi connectivity index (χ1v) is 7.13. The summed E-state index contributed by atoms with van der Waals surface area (Å²) in [5, 5.41) is 12.6. The van der Waals surface area contributed by atoms with E-state index in [0.717, 1.165) is 30.2 Å². The van der Waals surface area contributed by atoms with Gasteiger partial charge in [-0.25, -0.2) is 0 Å². The van der Waals surface area contributed by atoms with E-state index in [4.69, 9.17) is 0 Å². The number of nitrogens with one attached hydrogen (secondary N) is 1. The number of amides is 1. The van der Waals surface area contributed by atoms with Gasteiger partial charge < -0.3 is 10.4 Å². The van der Waals surface area contributed by atoms with E-state index in [0.29, 0.717) is 5.56 Å². The van der Waals surface area contributed by atoms with Gasteiger partial charge >= 0.3 is 0 Å². The fourth-order valence-electron chi connectivity index (χ4n) is 2.47. The minimum Gasteiger partial charge on any atom is -0.394 e. The summed E-state index contributed by atoms with van der Waals surface area (Å²) in [5.74, 6) is -0.0987. The van der Waals surface area contributed by atoms with E-state index in [1.165, 1.54) is 6.42 Å². The maximum absolute atomic E-state index is 12.2. The molecule has 0 aliphatic heterocycles. The Hall–Kier alpha value is -0.870. The fraction of sp³-hybridized carbons (Fsp3) is 0.500. The van der Waals surface area contributed by atoms with Crippen LogP contribution in [0.1, 0.15) is 42.5 Å². The number of rotatable bonds is 3. The average molecular weight is 312 g/mol. The molecule has 0 spiro atoms. The molecule has 0 radical (unpaired) electrons. The number of carbonyl (C=O) groups is 1. The number of hydrogen-bond acceptors (Lipinski definition) is 2. The molecule has 4 heteroatoms. The lowest BCUT2D eigenvalue weighted by Gasteiger charge is -2.36. The number of hydrogen-bond donors (Lipinski definition) is 2. The quantitative estimate of drug-likeness (QED) is 0.901. The van der Waals surface area contributed by atoms with Gasteiger partial charge in [-0.15, -0.1) is 0 Å². The molecule has 2 rings (SSSR count). The van der Waals surface area contributed by atoms with Crippen LogP contribution in [0.2, 0.25) is 0 Å². The second-order valence-corrected chi connectivity index (χ2v) is 5.88. The van der Waals surface area contributed by atoms with Gasteiger partial charge in [0.1, 0.15) is 0 Å². The average Bonchev–Trinajstić information content (AvgIpc) is 2.40. The van der Waals surface area contributed by atoms with E-state index in [-0.39, 0.29) is 12.5 Å². The molecule has 0 unspecified atom stereocenters.